The highest BCUT2D eigenvalue weighted by Crippen LogP contribution is 2.36. The molecule has 0 aliphatic carbocycles. The number of benzene rings is 3. The van der Waals surface area contributed by atoms with Crippen LogP contribution in [0.4, 0.5) is 11.6 Å². The van der Waals surface area contributed by atoms with Crippen LogP contribution in [0.3, 0.4) is 0 Å². The molecule has 158 valence electrons. The number of rotatable bonds is 4. The SMILES string of the molecule is CC1=C(C(=O)Nc2ccccc2)C(c2ccccc2)n2nc(-c3cccc(Cl)c3)nc2N1. The standard InChI is InChI=1S/C25H20ClN5O/c1-16-21(24(32)28-20-13-6-3-7-14-20)22(17-9-4-2-5-10-17)31-25(27-16)29-23(30-31)18-11-8-12-19(26)15-18/h2-15,22H,1H3,(H,28,32)(H,27,29,30). The third-order valence-electron chi connectivity index (χ3n) is 5.33. The van der Waals surface area contributed by atoms with Gasteiger partial charge in [-0.2, -0.15) is 4.98 Å². The number of amides is 1. The van der Waals surface area contributed by atoms with Crippen molar-refractivity contribution in [2.75, 3.05) is 10.6 Å². The first-order valence-electron chi connectivity index (χ1n) is 10.2. The Morgan fingerprint density at radius 3 is 2.44 bits per heavy atom. The summed E-state index contributed by atoms with van der Waals surface area (Å²) in [6.45, 7) is 1.88. The number of halogens is 1. The van der Waals surface area contributed by atoms with Gasteiger partial charge in [-0.15, -0.1) is 5.10 Å². The Bertz CT molecular complexity index is 1310. The number of para-hydroxylation sites is 1. The van der Waals surface area contributed by atoms with E-state index < -0.39 is 6.04 Å². The van der Waals surface area contributed by atoms with Gasteiger partial charge in [-0.05, 0) is 36.8 Å². The largest absolute Gasteiger partial charge is 0.328 e. The van der Waals surface area contributed by atoms with Crippen LogP contribution in [0, 0.1) is 0 Å². The molecule has 1 amide bonds. The molecule has 1 aliphatic rings. The fourth-order valence-electron chi connectivity index (χ4n) is 3.86. The Morgan fingerprint density at radius 2 is 1.72 bits per heavy atom. The minimum absolute atomic E-state index is 0.194. The summed E-state index contributed by atoms with van der Waals surface area (Å²) in [4.78, 5) is 18.1. The summed E-state index contributed by atoms with van der Waals surface area (Å²) < 4.78 is 1.76. The van der Waals surface area contributed by atoms with Crippen molar-refractivity contribution in [3.8, 4) is 11.4 Å². The average Bonchev–Trinajstić information content (AvgIpc) is 3.23. The summed E-state index contributed by atoms with van der Waals surface area (Å²) in [6, 6.07) is 26.2. The number of allylic oxidation sites excluding steroid dienone is 1. The molecule has 5 rings (SSSR count). The molecule has 2 N–H and O–H groups in total. The van der Waals surface area contributed by atoms with E-state index in [4.69, 9.17) is 16.7 Å². The normalized spacial score (nSPS) is 15.1. The van der Waals surface area contributed by atoms with Crippen LogP contribution < -0.4 is 10.6 Å². The number of aromatic nitrogens is 3. The molecule has 0 radical (unpaired) electrons. The topological polar surface area (TPSA) is 71.8 Å². The zero-order valence-corrected chi connectivity index (χ0v) is 18.0. The van der Waals surface area contributed by atoms with Gasteiger partial charge in [0.1, 0.15) is 6.04 Å². The Kier molecular flexibility index (Phi) is 5.21. The van der Waals surface area contributed by atoms with Crippen molar-refractivity contribution in [2.45, 2.75) is 13.0 Å². The van der Waals surface area contributed by atoms with E-state index in [1.54, 1.807) is 4.68 Å². The zero-order valence-electron chi connectivity index (χ0n) is 17.3. The number of carbonyl (C=O) groups excluding carboxylic acids is 1. The molecule has 0 bridgehead atoms. The number of nitrogens with zero attached hydrogens (tertiary/aromatic N) is 3. The first-order chi connectivity index (χ1) is 15.6. The van der Waals surface area contributed by atoms with Gasteiger partial charge in [-0.25, -0.2) is 4.68 Å². The first-order valence-corrected chi connectivity index (χ1v) is 10.6. The minimum Gasteiger partial charge on any atom is -0.328 e. The molecule has 32 heavy (non-hydrogen) atoms. The fourth-order valence-corrected chi connectivity index (χ4v) is 4.05. The molecule has 0 fully saturated rings. The molecule has 0 saturated heterocycles. The van der Waals surface area contributed by atoms with Crippen LogP contribution >= 0.6 is 11.6 Å². The quantitative estimate of drug-likeness (QED) is 0.437. The maximum Gasteiger partial charge on any atom is 0.255 e. The van der Waals surface area contributed by atoms with Crippen molar-refractivity contribution in [3.05, 3.63) is 107 Å². The Labute approximate surface area is 190 Å². The molecule has 6 nitrogen and oxygen atoms in total. The smallest absolute Gasteiger partial charge is 0.255 e. The number of nitrogens with one attached hydrogen (secondary N) is 2. The van der Waals surface area contributed by atoms with Crippen LogP contribution in [-0.2, 0) is 4.79 Å². The third kappa shape index (κ3) is 3.76. The fraction of sp³-hybridized carbons (Fsp3) is 0.0800. The van der Waals surface area contributed by atoms with Crippen molar-refractivity contribution >= 4 is 29.1 Å². The van der Waals surface area contributed by atoms with Gasteiger partial charge >= 0.3 is 0 Å². The van der Waals surface area contributed by atoms with Crippen LogP contribution in [0.1, 0.15) is 18.5 Å². The highest BCUT2D eigenvalue weighted by molar-refractivity contribution is 6.30. The second-order valence-corrected chi connectivity index (χ2v) is 7.95. The lowest BCUT2D eigenvalue weighted by Gasteiger charge is -2.28. The lowest BCUT2D eigenvalue weighted by molar-refractivity contribution is -0.113. The molecule has 1 unspecified atom stereocenters. The molecule has 3 aromatic carbocycles. The van der Waals surface area contributed by atoms with Crippen LogP contribution in [0.25, 0.3) is 11.4 Å². The van der Waals surface area contributed by atoms with Gasteiger partial charge in [0.25, 0.3) is 5.91 Å². The Morgan fingerprint density at radius 1 is 1.00 bits per heavy atom. The van der Waals surface area contributed by atoms with Crippen molar-refractivity contribution in [1.82, 2.24) is 14.8 Å². The molecule has 4 aromatic rings. The van der Waals surface area contributed by atoms with Crippen molar-refractivity contribution in [1.29, 1.82) is 0 Å². The summed E-state index contributed by atoms with van der Waals surface area (Å²) >= 11 is 6.17. The summed E-state index contributed by atoms with van der Waals surface area (Å²) in [5, 5.41) is 11.6. The number of carbonyl (C=O) groups is 1. The molecule has 1 aromatic heterocycles. The minimum atomic E-state index is -0.434. The zero-order chi connectivity index (χ0) is 22.1. The van der Waals surface area contributed by atoms with E-state index in [9.17, 15) is 4.79 Å². The predicted molar refractivity (Wildman–Crippen MR) is 126 cm³/mol. The molecule has 1 aliphatic heterocycles. The predicted octanol–water partition coefficient (Wildman–Crippen LogP) is 5.53. The van der Waals surface area contributed by atoms with E-state index in [-0.39, 0.29) is 5.91 Å². The van der Waals surface area contributed by atoms with Crippen molar-refractivity contribution in [3.63, 3.8) is 0 Å². The Balaban J connectivity index is 1.60. The van der Waals surface area contributed by atoms with Gasteiger partial charge in [0.2, 0.25) is 5.95 Å². The van der Waals surface area contributed by atoms with Gasteiger partial charge in [0.05, 0.1) is 5.57 Å². The number of fused-ring (bicyclic) bond motifs is 1. The van der Waals surface area contributed by atoms with Crippen molar-refractivity contribution < 1.29 is 4.79 Å². The van der Waals surface area contributed by atoms with E-state index in [0.717, 1.165) is 22.5 Å². The lowest BCUT2D eigenvalue weighted by Crippen LogP contribution is -2.31. The number of hydrogen-bond acceptors (Lipinski definition) is 4. The third-order valence-corrected chi connectivity index (χ3v) is 5.56. The van der Waals surface area contributed by atoms with Crippen molar-refractivity contribution in [2.24, 2.45) is 0 Å². The van der Waals surface area contributed by atoms with Crippen LogP contribution in [0.5, 0.6) is 0 Å². The van der Waals surface area contributed by atoms with Crippen LogP contribution in [0.15, 0.2) is 96.2 Å². The van der Waals surface area contributed by atoms with E-state index in [2.05, 4.69) is 15.6 Å². The van der Waals surface area contributed by atoms with E-state index in [1.165, 1.54) is 0 Å². The number of anilines is 2. The second-order valence-electron chi connectivity index (χ2n) is 7.51. The highest BCUT2D eigenvalue weighted by atomic mass is 35.5. The highest BCUT2D eigenvalue weighted by Gasteiger charge is 2.34. The molecule has 0 saturated carbocycles. The van der Waals surface area contributed by atoms with Crippen LogP contribution in [-0.4, -0.2) is 20.7 Å². The summed E-state index contributed by atoms with van der Waals surface area (Å²) in [5.74, 6) is 0.913. The van der Waals surface area contributed by atoms with Gasteiger partial charge in [-0.1, -0.05) is 72.3 Å². The summed E-state index contributed by atoms with van der Waals surface area (Å²) in [6.07, 6.45) is 0. The van der Waals surface area contributed by atoms with Gasteiger partial charge in [-0.3, -0.25) is 4.79 Å². The summed E-state index contributed by atoms with van der Waals surface area (Å²) in [5.41, 5.74) is 3.78. The van der Waals surface area contributed by atoms with Crippen LogP contribution in [0.2, 0.25) is 5.02 Å². The second kappa shape index (κ2) is 8.32. The maximum absolute atomic E-state index is 13.4. The Hall–Kier alpha value is -3.90. The average molecular weight is 442 g/mol. The first kappa shape index (κ1) is 20.0. The monoisotopic (exact) mass is 441 g/mol. The molecular formula is C25H20ClN5O. The van der Waals surface area contributed by atoms with Gasteiger partial charge in [0.15, 0.2) is 5.82 Å². The summed E-state index contributed by atoms with van der Waals surface area (Å²) in [7, 11) is 0. The molecule has 2 heterocycles. The number of hydrogen-bond donors (Lipinski definition) is 2. The molecular weight excluding hydrogens is 422 g/mol. The van der Waals surface area contributed by atoms with E-state index in [0.29, 0.717) is 22.4 Å². The van der Waals surface area contributed by atoms with E-state index >= 15 is 0 Å². The molecule has 1 atom stereocenters. The molecule has 7 heteroatoms. The van der Waals surface area contributed by atoms with Gasteiger partial charge < -0.3 is 10.6 Å². The lowest BCUT2D eigenvalue weighted by atomic mass is 9.95. The van der Waals surface area contributed by atoms with Gasteiger partial charge in [0, 0.05) is 22.0 Å². The maximum atomic E-state index is 13.4. The van der Waals surface area contributed by atoms with E-state index in [1.807, 2.05) is 91.9 Å². The molecule has 0 spiro atoms.